The van der Waals surface area contributed by atoms with Gasteiger partial charge in [-0.1, -0.05) is 13.3 Å². The molecule has 0 radical (unpaired) electrons. The molecule has 0 aromatic heterocycles. The lowest BCUT2D eigenvalue weighted by Crippen LogP contribution is -2.07. The molecule has 0 amide bonds. The van der Waals surface area contributed by atoms with E-state index in [-0.39, 0.29) is 0 Å². The van der Waals surface area contributed by atoms with Crippen LogP contribution in [0.15, 0.2) is 4.99 Å². The number of nitrogens with zero attached hydrogens (tertiary/aromatic N) is 1. The van der Waals surface area contributed by atoms with E-state index < -0.39 is 0 Å². The Morgan fingerprint density at radius 1 is 1.27 bits per heavy atom. The van der Waals surface area contributed by atoms with E-state index in [2.05, 4.69) is 17.2 Å². The molecule has 2 nitrogen and oxygen atoms in total. The number of rotatable bonds is 7. The molecule has 0 saturated carbocycles. The molecule has 0 unspecified atom stereocenters. The van der Waals surface area contributed by atoms with Crippen molar-refractivity contribution in [1.29, 1.82) is 0 Å². The standard InChI is InChI=1S/C9H20N2/c1-3-7-11-9-6-4-5-8-10-2/h7,10H,3-6,8-9H2,1-2H3. The summed E-state index contributed by atoms with van der Waals surface area (Å²) < 4.78 is 0. The first kappa shape index (κ1) is 10.6. The van der Waals surface area contributed by atoms with Crippen LogP contribution in [-0.2, 0) is 0 Å². The Balaban J connectivity index is 2.85. The van der Waals surface area contributed by atoms with E-state index in [1.165, 1.54) is 19.3 Å². The summed E-state index contributed by atoms with van der Waals surface area (Å²) in [6.45, 7) is 4.26. The molecule has 0 aromatic rings. The maximum Gasteiger partial charge on any atom is 0.0385 e. The number of aliphatic imine (C=N–C) groups is 1. The van der Waals surface area contributed by atoms with Gasteiger partial charge >= 0.3 is 0 Å². The van der Waals surface area contributed by atoms with Gasteiger partial charge in [-0.15, -0.1) is 0 Å². The summed E-state index contributed by atoms with van der Waals surface area (Å²) in [6.07, 6.45) is 6.87. The molecule has 0 heterocycles. The minimum Gasteiger partial charge on any atom is -0.320 e. The predicted octanol–water partition coefficient (Wildman–Crippen LogP) is 1.86. The first-order valence-corrected chi connectivity index (χ1v) is 4.54. The second-order valence-corrected chi connectivity index (χ2v) is 2.66. The molecule has 1 N–H and O–H groups in total. The average Bonchev–Trinajstić information content (AvgIpc) is 2.03. The third-order valence-electron chi connectivity index (χ3n) is 1.53. The second kappa shape index (κ2) is 9.63. The van der Waals surface area contributed by atoms with Gasteiger partial charge in [-0.05, 0) is 39.1 Å². The van der Waals surface area contributed by atoms with Crippen LogP contribution in [0.25, 0.3) is 0 Å². The first-order valence-electron chi connectivity index (χ1n) is 4.54. The molecule has 0 aliphatic heterocycles. The number of nitrogens with one attached hydrogen (secondary N) is 1. The fourth-order valence-electron chi connectivity index (χ4n) is 0.902. The van der Waals surface area contributed by atoms with E-state index in [0.29, 0.717) is 0 Å². The second-order valence-electron chi connectivity index (χ2n) is 2.66. The molecule has 0 fully saturated rings. The van der Waals surface area contributed by atoms with Crippen LogP contribution < -0.4 is 5.32 Å². The Bertz CT molecular complexity index is 89.6. The van der Waals surface area contributed by atoms with E-state index in [4.69, 9.17) is 0 Å². The quantitative estimate of drug-likeness (QED) is 0.441. The van der Waals surface area contributed by atoms with Gasteiger partial charge in [-0.2, -0.15) is 0 Å². The first-order chi connectivity index (χ1) is 5.41. The molecule has 0 atom stereocenters. The zero-order chi connectivity index (χ0) is 8.36. The normalized spacial score (nSPS) is 11.1. The van der Waals surface area contributed by atoms with Gasteiger partial charge < -0.3 is 5.32 Å². The van der Waals surface area contributed by atoms with Crippen molar-refractivity contribution >= 4 is 6.21 Å². The van der Waals surface area contributed by atoms with Crippen LogP contribution >= 0.6 is 0 Å². The largest absolute Gasteiger partial charge is 0.320 e. The lowest BCUT2D eigenvalue weighted by atomic mass is 10.2. The van der Waals surface area contributed by atoms with Gasteiger partial charge in [0.1, 0.15) is 0 Å². The summed E-state index contributed by atoms with van der Waals surface area (Å²) in [4.78, 5) is 4.24. The Morgan fingerprint density at radius 2 is 2.09 bits per heavy atom. The Morgan fingerprint density at radius 3 is 2.73 bits per heavy atom. The maximum absolute atomic E-state index is 4.24. The fourth-order valence-corrected chi connectivity index (χ4v) is 0.902. The van der Waals surface area contributed by atoms with Crippen LogP contribution in [0.1, 0.15) is 32.6 Å². The highest BCUT2D eigenvalue weighted by molar-refractivity contribution is 5.56. The van der Waals surface area contributed by atoms with Crippen molar-refractivity contribution in [2.75, 3.05) is 20.1 Å². The van der Waals surface area contributed by atoms with Crippen LogP contribution in [0.5, 0.6) is 0 Å². The summed E-state index contributed by atoms with van der Waals surface area (Å²) in [5.41, 5.74) is 0. The zero-order valence-corrected chi connectivity index (χ0v) is 7.77. The SMILES string of the molecule is CCC=NCCCCCNC. The molecule has 0 rings (SSSR count). The molecule has 0 aromatic carbocycles. The molecule has 2 heteroatoms. The lowest BCUT2D eigenvalue weighted by molar-refractivity contribution is 0.649. The zero-order valence-electron chi connectivity index (χ0n) is 7.77. The lowest BCUT2D eigenvalue weighted by Gasteiger charge is -1.96. The molecule has 0 aliphatic carbocycles. The third-order valence-corrected chi connectivity index (χ3v) is 1.53. The van der Waals surface area contributed by atoms with Gasteiger partial charge in [-0.3, -0.25) is 4.99 Å². The van der Waals surface area contributed by atoms with Crippen LogP contribution in [0.3, 0.4) is 0 Å². The summed E-state index contributed by atoms with van der Waals surface area (Å²) in [6, 6.07) is 0. The van der Waals surface area contributed by atoms with E-state index in [1.54, 1.807) is 0 Å². The molecule has 66 valence electrons. The van der Waals surface area contributed by atoms with Gasteiger partial charge in [0.2, 0.25) is 0 Å². The van der Waals surface area contributed by atoms with Crippen molar-refractivity contribution in [2.24, 2.45) is 4.99 Å². The predicted molar refractivity (Wildman–Crippen MR) is 51.4 cm³/mol. The summed E-state index contributed by atoms with van der Waals surface area (Å²) >= 11 is 0. The highest BCUT2D eigenvalue weighted by Gasteiger charge is 1.85. The average molecular weight is 156 g/mol. The smallest absolute Gasteiger partial charge is 0.0385 e. The fraction of sp³-hybridized carbons (Fsp3) is 0.889. The van der Waals surface area contributed by atoms with E-state index in [9.17, 15) is 0 Å². The van der Waals surface area contributed by atoms with Crippen molar-refractivity contribution in [3.8, 4) is 0 Å². The maximum atomic E-state index is 4.24. The van der Waals surface area contributed by atoms with Crippen molar-refractivity contribution in [3.05, 3.63) is 0 Å². The van der Waals surface area contributed by atoms with E-state index >= 15 is 0 Å². The summed E-state index contributed by atoms with van der Waals surface area (Å²) in [5, 5.41) is 3.13. The number of hydrogen-bond acceptors (Lipinski definition) is 2. The summed E-state index contributed by atoms with van der Waals surface area (Å²) in [5.74, 6) is 0. The van der Waals surface area contributed by atoms with Gasteiger partial charge in [0.15, 0.2) is 0 Å². The van der Waals surface area contributed by atoms with Gasteiger partial charge in [0.25, 0.3) is 0 Å². The number of hydrogen-bond donors (Lipinski definition) is 1. The topological polar surface area (TPSA) is 24.4 Å². The monoisotopic (exact) mass is 156 g/mol. The van der Waals surface area contributed by atoms with Crippen LogP contribution in [-0.4, -0.2) is 26.4 Å². The van der Waals surface area contributed by atoms with E-state index in [0.717, 1.165) is 19.5 Å². The number of unbranched alkanes of at least 4 members (excludes halogenated alkanes) is 2. The molecular weight excluding hydrogens is 136 g/mol. The molecule has 0 spiro atoms. The molecule has 0 aliphatic rings. The highest BCUT2D eigenvalue weighted by Crippen LogP contribution is 1.93. The minimum absolute atomic E-state index is 1.01. The Hall–Kier alpha value is -0.370. The van der Waals surface area contributed by atoms with Crippen molar-refractivity contribution in [1.82, 2.24) is 5.32 Å². The van der Waals surface area contributed by atoms with Gasteiger partial charge in [0, 0.05) is 6.54 Å². The molecular formula is C9H20N2. The van der Waals surface area contributed by atoms with Gasteiger partial charge in [-0.25, -0.2) is 0 Å². The molecule has 11 heavy (non-hydrogen) atoms. The third kappa shape index (κ3) is 9.63. The Kier molecular flexibility index (Phi) is 9.31. The molecule has 0 bridgehead atoms. The van der Waals surface area contributed by atoms with Gasteiger partial charge in [0.05, 0.1) is 0 Å². The van der Waals surface area contributed by atoms with Crippen LogP contribution in [0.2, 0.25) is 0 Å². The van der Waals surface area contributed by atoms with Crippen molar-refractivity contribution < 1.29 is 0 Å². The highest BCUT2D eigenvalue weighted by atomic mass is 14.8. The van der Waals surface area contributed by atoms with Crippen molar-refractivity contribution in [2.45, 2.75) is 32.6 Å². The van der Waals surface area contributed by atoms with Crippen LogP contribution in [0.4, 0.5) is 0 Å². The van der Waals surface area contributed by atoms with Crippen molar-refractivity contribution in [3.63, 3.8) is 0 Å². The Labute approximate surface area is 70.1 Å². The van der Waals surface area contributed by atoms with Crippen LogP contribution in [0, 0.1) is 0 Å². The van der Waals surface area contributed by atoms with E-state index in [1.807, 2.05) is 13.3 Å². The minimum atomic E-state index is 1.01. The summed E-state index contributed by atoms with van der Waals surface area (Å²) in [7, 11) is 2.00. The molecule has 0 saturated heterocycles.